The zero-order chi connectivity index (χ0) is 25.3. The summed E-state index contributed by atoms with van der Waals surface area (Å²) in [4.78, 5) is 37.5. The molecule has 2 N–H and O–H groups in total. The van der Waals surface area contributed by atoms with Crippen LogP contribution < -0.4 is 5.32 Å². The Morgan fingerprint density at radius 1 is 1.21 bits per heavy atom. The van der Waals surface area contributed by atoms with Gasteiger partial charge < -0.3 is 15.2 Å². The van der Waals surface area contributed by atoms with E-state index in [2.05, 4.69) is 20.3 Å². The van der Waals surface area contributed by atoms with Crippen molar-refractivity contribution < 1.29 is 32.6 Å². The topological polar surface area (TPSA) is 118 Å². The summed E-state index contributed by atoms with van der Waals surface area (Å²) in [5.74, 6) is -1.72. The number of likely N-dealkylation sites (tertiary alicyclic amines) is 1. The minimum Gasteiger partial charge on any atom is -0.444 e. The van der Waals surface area contributed by atoms with Crippen LogP contribution in [0.5, 0.6) is 0 Å². The predicted octanol–water partition coefficient (Wildman–Crippen LogP) is 2.93. The van der Waals surface area contributed by atoms with Crippen LogP contribution in [0, 0.1) is 0 Å². The number of carbonyl (C=O) groups excluding carboxylic acids is 2. The molecule has 9 nitrogen and oxygen atoms in total. The largest absolute Gasteiger partial charge is 0.451 e. The second-order valence-corrected chi connectivity index (χ2v) is 9.01. The number of nitrogens with one attached hydrogen (secondary N) is 1. The molecule has 3 atom stereocenters. The number of aliphatic hydroxyl groups excluding tert-OH is 1. The molecule has 0 radical (unpaired) electrons. The standard InChI is InChI=1S/C22H26F3N5O4/c1-12-17(31)8-16(30(12)20(33)34-21(2,3)4)18(32)27-9-13-5-6-26-15(7-13)14-10-28-19(29-11-14)22(23,24)25/h5-7,10-12,16-17,31H,8-9H2,1-4H3,(H,27,32). The van der Waals surface area contributed by atoms with Crippen molar-refractivity contribution in [1.29, 1.82) is 0 Å². The van der Waals surface area contributed by atoms with E-state index < -0.39 is 47.8 Å². The molecular formula is C22H26F3N5O4. The van der Waals surface area contributed by atoms with Gasteiger partial charge in [-0.25, -0.2) is 14.8 Å². The van der Waals surface area contributed by atoms with Crippen molar-refractivity contribution in [2.75, 3.05) is 0 Å². The summed E-state index contributed by atoms with van der Waals surface area (Å²) in [6.07, 6.45) is -2.64. The summed E-state index contributed by atoms with van der Waals surface area (Å²) in [7, 11) is 0. The highest BCUT2D eigenvalue weighted by Crippen LogP contribution is 2.28. The number of pyridine rings is 1. The third kappa shape index (κ3) is 5.99. The molecule has 0 spiro atoms. The van der Waals surface area contributed by atoms with Gasteiger partial charge >= 0.3 is 12.3 Å². The van der Waals surface area contributed by atoms with Crippen LogP contribution >= 0.6 is 0 Å². The average Bonchev–Trinajstić information content (AvgIpc) is 3.05. The van der Waals surface area contributed by atoms with Gasteiger partial charge in [0.15, 0.2) is 0 Å². The predicted molar refractivity (Wildman–Crippen MR) is 114 cm³/mol. The van der Waals surface area contributed by atoms with E-state index in [-0.39, 0.29) is 18.5 Å². The monoisotopic (exact) mass is 481 g/mol. The quantitative estimate of drug-likeness (QED) is 0.690. The van der Waals surface area contributed by atoms with E-state index in [0.29, 0.717) is 11.3 Å². The lowest BCUT2D eigenvalue weighted by Crippen LogP contribution is -2.50. The first-order valence-electron chi connectivity index (χ1n) is 10.6. The molecule has 0 aliphatic carbocycles. The molecule has 1 saturated heterocycles. The Balaban J connectivity index is 1.69. The first-order valence-corrected chi connectivity index (χ1v) is 10.6. The lowest BCUT2D eigenvalue weighted by Gasteiger charge is -2.30. The number of hydrogen-bond acceptors (Lipinski definition) is 7. The van der Waals surface area contributed by atoms with Crippen molar-refractivity contribution in [2.45, 2.75) is 70.6 Å². The Bertz CT molecular complexity index is 1040. The zero-order valence-electron chi connectivity index (χ0n) is 19.1. The summed E-state index contributed by atoms with van der Waals surface area (Å²) < 4.78 is 43.4. The van der Waals surface area contributed by atoms with E-state index in [1.54, 1.807) is 39.8 Å². The molecule has 2 aromatic rings. The summed E-state index contributed by atoms with van der Waals surface area (Å²) in [5.41, 5.74) is 0.473. The molecular weight excluding hydrogens is 455 g/mol. The van der Waals surface area contributed by atoms with Gasteiger partial charge in [0.1, 0.15) is 11.6 Å². The fraction of sp³-hybridized carbons (Fsp3) is 0.500. The number of nitrogens with zero attached hydrogens (tertiary/aromatic N) is 4. The second kappa shape index (κ2) is 9.53. The van der Waals surface area contributed by atoms with Gasteiger partial charge in [0.2, 0.25) is 11.7 Å². The number of hydrogen-bond donors (Lipinski definition) is 2. The van der Waals surface area contributed by atoms with E-state index in [4.69, 9.17) is 4.74 Å². The average molecular weight is 481 g/mol. The minimum atomic E-state index is -4.64. The Morgan fingerprint density at radius 3 is 2.44 bits per heavy atom. The number of aromatic nitrogens is 3. The molecule has 2 aromatic heterocycles. The van der Waals surface area contributed by atoms with Gasteiger partial charge in [-0.1, -0.05) is 0 Å². The zero-order valence-corrected chi connectivity index (χ0v) is 19.1. The highest BCUT2D eigenvalue weighted by Gasteiger charge is 2.45. The third-order valence-electron chi connectivity index (χ3n) is 5.20. The first-order chi connectivity index (χ1) is 15.8. The summed E-state index contributed by atoms with van der Waals surface area (Å²) >= 11 is 0. The lowest BCUT2D eigenvalue weighted by atomic mass is 10.1. The molecule has 1 fully saturated rings. The molecule has 1 aliphatic rings. The van der Waals surface area contributed by atoms with Crippen LogP contribution in [0.15, 0.2) is 30.7 Å². The highest BCUT2D eigenvalue weighted by molar-refractivity contribution is 5.86. The molecule has 184 valence electrons. The van der Waals surface area contributed by atoms with Crippen molar-refractivity contribution >= 4 is 12.0 Å². The Hall–Kier alpha value is -3.28. The van der Waals surface area contributed by atoms with Crippen LogP contribution in [-0.2, 0) is 22.3 Å². The van der Waals surface area contributed by atoms with Gasteiger partial charge in [0, 0.05) is 37.1 Å². The van der Waals surface area contributed by atoms with Crippen LogP contribution in [0.1, 0.15) is 45.5 Å². The molecule has 12 heteroatoms. The minimum absolute atomic E-state index is 0.0662. The van der Waals surface area contributed by atoms with Crippen molar-refractivity contribution in [3.05, 3.63) is 42.1 Å². The van der Waals surface area contributed by atoms with Gasteiger partial charge in [0.05, 0.1) is 17.8 Å². The van der Waals surface area contributed by atoms with Gasteiger partial charge in [-0.15, -0.1) is 0 Å². The van der Waals surface area contributed by atoms with E-state index >= 15 is 0 Å². The summed E-state index contributed by atoms with van der Waals surface area (Å²) in [5, 5.41) is 13.0. The fourth-order valence-electron chi connectivity index (χ4n) is 3.51. The van der Waals surface area contributed by atoms with Gasteiger partial charge in [-0.2, -0.15) is 13.2 Å². The molecule has 3 heterocycles. The maximum absolute atomic E-state index is 12.9. The van der Waals surface area contributed by atoms with Crippen LogP contribution in [0.4, 0.5) is 18.0 Å². The number of rotatable bonds is 4. The smallest absolute Gasteiger partial charge is 0.444 e. The van der Waals surface area contributed by atoms with Crippen LogP contribution in [0.25, 0.3) is 11.3 Å². The van der Waals surface area contributed by atoms with E-state index in [0.717, 1.165) is 12.4 Å². The number of alkyl halides is 3. The molecule has 0 aromatic carbocycles. The molecule has 34 heavy (non-hydrogen) atoms. The summed E-state index contributed by atoms with van der Waals surface area (Å²) in [6, 6.07) is 1.71. The van der Waals surface area contributed by atoms with Crippen LogP contribution in [-0.4, -0.2) is 60.7 Å². The maximum atomic E-state index is 12.9. The Morgan fingerprint density at radius 2 is 1.85 bits per heavy atom. The normalized spacial score (nSPS) is 20.8. The van der Waals surface area contributed by atoms with Gasteiger partial charge in [-0.05, 0) is 45.4 Å². The molecule has 3 unspecified atom stereocenters. The molecule has 1 aliphatic heterocycles. The molecule has 0 saturated carbocycles. The Labute approximate surface area is 194 Å². The number of ether oxygens (including phenoxy) is 1. The second-order valence-electron chi connectivity index (χ2n) is 9.01. The fourth-order valence-corrected chi connectivity index (χ4v) is 3.51. The van der Waals surface area contributed by atoms with Crippen LogP contribution in [0.3, 0.4) is 0 Å². The van der Waals surface area contributed by atoms with Gasteiger partial charge in [-0.3, -0.25) is 14.7 Å². The number of aliphatic hydroxyl groups is 1. The SMILES string of the molecule is CC1C(O)CC(C(=O)NCc2ccnc(-c3cnc(C(F)(F)F)nc3)c2)N1C(=O)OC(C)(C)C. The third-order valence-corrected chi connectivity index (χ3v) is 5.20. The number of amides is 2. The molecule has 2 amide bonds. The highest BCUT2D eigenvalue weighted by atomic mass is 19.4. The van der Waals surface area contributed by atoms with Crippen molar-refractivity contribution in [2.24, 2.45) is 0 Å². The van der Waals surface area contributed by atoms with Gasteiger partial charge in [0.25, 0.3) is 0 Å². The molecule has 0 bridgehead atoms. The van der Waals surface area contributed by atoms with E-state index in [1.165, 1.54) is 11.1 Å². The van der Waals surface area contributed by atoms with Crippen molar-refractivity contribution in [1.82, 2.24) is 25.2 Å². The Kier molecular flexibility index (Phi) is 7.10. The van der Waals surface area contributed by atoms with E-state index in [1.807, 2.05) is 0 Å². The van der Waals surface area contributed by atoms with Crippen molar-refractivity contribution in [3.8, 4) is 11.3 Å². The maximum Gasteiger partial charge on any atom is 0.451 e. The number of halogens is 3. The van der Waals surface area contributed by atoms with E-state index in [9.17, 15) is 27.9 Å². The number of carbonyl (C=O) groups is 2. The van der Waals surface area contributed by atoms with Crippen molar-refractivity contribution in [3.63, 3.8) is 0 Å². The first kappa shape index (κ1) is 25.3. The summed E-state index contributed by atoms with van der Waals surface area (Å²) in [6.45, 7) is 6.84. The lowest BCUT2D eigenvalue weighted by molar-refractivity contribution is -0.145. The molecule has 3 rings (SSSR count). The van der Waals surface area contributed by atoms with Crippen LogP contribution in [0.2, 0.25) is 0 Å².